The summed E-state index contributed by atoms with van der Waals surface area (Å²) in [7, 11) is 0. The van der Waals surface area contributed by atoms with E-state index in [9.17, 15) is 9.18 Å². The second-order valence-electron chi connectivity index (χ2n) is 6.71. The van der Waals surface area contributed by atoms with Crippen LogP contribution in [0.25, 0.3) is 0 Å². The van der Waals surface area contributed by atoms with E-state index in [1.165, 1.54) is 12.1 Å². The molecule has 21 heavy (non-hydrogen) atoms. The maximum absolute atomic E-state index is 13.4. The molecule has 0 radical (unpaired) electrons. The van der Waals surface area contributed by atoms with Crippen molar-refractivity contribution in [2.45, 2.75) is 57.7 Å². The van der Waals surface area contributed by atoms with Gasteiger partial charge in [0.1, 0.15) is 5.82 Å². The molecule has 2 saturated carbocycles. The number of carbonyl (C=O) groups excluding carboxylic acids is 1. The molecule has 0 bridgehead atoms. The van der Waals surface area contributed by atoms with Gasteiger partial charge < -0.3 is 10.6 Å². The van der Waals surface area contributed by atoms with Crippen LogP contribution in [0.5, 0.6) is 0 Å². The summed E-state index contributed by atoms with van der Waals surface area (Å²) in [6.07, 6.45) is 4.89. The number of benzene rings is 1. The van der Waals surface area contributed by atoms with Gasteiger partial charge >= 0.3 is 0 Å². The molecule has 4 heteroatoms. The second-order valence-corrected chi connectivity index (χ2v) is 6.71. The number of rotatable bonds is 4. The van der Waals surface area contributed by atoms with Crippen LogP contribution in [0.2, 0.25) is 0 Å². The van der Waals surface area contributed by atoms with Crippen molar-refractivity contribution < 1.29 is 9.18 Å². The van der Waals surface area contributed by atoms with Gasteiger partial charge in [0, 0.05) is 18.6 Å². The zero-order chi connectivity index (χ0) is 15.0. The van der Waals surface area contributed by atoms with E-state index in [0.29, 0.717) is 12.6 Å². The van der Waals surface area contributed by atoms with Crippen molar-refractivity contribution in [2.75, 3.05) is 0 Å². The monoisotopic (exact) mass is 290 g/mol. The second kappa shape index (κ2) is 5.41. The molecule has 1 aromatic carbocycles. The minimum Gasteiger partial charge on any atom is -0.335 e. The van der Waals surface area contributed by atoms with Crippen LogP contribution >= 0.6 is 0 Å². The van der Waals surface area contributed by atoms with Crippen molar-refractivity contribution in [3.8, 4) is 0 Å². The largest absolute Gasteiger partial charge is 0.335 e. The minimum absolute atomic E-state index is 0.0567. The van der Waals surface area contributed by atoms with E-state index in [0.717, 1.165) is 37.7 Å². The van der Waals surface area contributed by atoms with Crippen molar-refractivity contribution in [3.63, 3.8) is 0 Å². The van der Waals surface area contributed by atoms with Gasteiger partial charge in [-0.05, 0) is 50.3 Å². The number of nitrogens with zero attached hydrogens (tertiary/aromatic N) is 1. The van der Waals surface area contributed by atoms with E-state index < -0.39 is 5.41 Å². The summed E-state index contributed by atoms with van der Waals surface area (Å²) in [6.45, 7) is 2.48. The molecule has 2 atom stereocenters. The van der Waals surface area contributed by atoms with E-state index in [1.54, 1.807) is 6.07 Å². The summed E-state index contributed by atoms with van der Waals surface area (Å²) >= 11 is 0. The quantitative estimate of drug-likeness (QED) is 0.927. The lowest BCUT2D eigenvalue weighted by atomic mass is 9.83. The van der Waals surface area contributed by atoms with Gasteiger partial charge in [-0.15, -0.1) is 0 Å². The molecule has 0 heterocycles. The minimum atomic E-state index is -0.448. The molecule has 2 aliphatic carbocycles. The molecule has 114 valence electrons. The third-order valence-corrected chi connectivity index (χ3v) is 5.01. The first-order valence-corrected chi connectivity index (χ1v) is 7.82. The molecular formula is C17H23FN2O. The molecule has 0 aromatic heterocycles. The topological polar surface area (TPSA) is 46.3 Å². The number of nitrogens with two attached hydrogens (primary N) is 1. The highest BCUT2D eigenvalue weighted by Gasteiger charge is 2.47. The van der Waals surface area contributed by atoms with Crippen LogP contribution in [0.15, 0.2) is 24.3 Å². The molecule has 3 nitrogen and oxygen atoms in total. The van der Waals surface area contributed by atoms with Crippen LogP contribution in [0.4, 0.5) is 4.39 Å². The lowest BCUT2D eigenvalue weighted by molar-refractivity contribution is -0.143. The molecule has 0 saturated heterocycles. The summed E-state index contributed by atoms with van der Waals surface area (Å²) in [5, 5.41) is 0. The van der Waals surface area contributed by atoms with Crippen LogP contribution in [0.3, 0.4) is 0 Å². The molecule has 2 N–H and O–H groups in total. The summed E-state index contributed by atoms with van der Waals surface area (Å²) in [6, 6.07) is 6.77. The molecule has 3 rings (SSSR count). The van der Waals surface area contributed by atoms with Gasteiger partial charge in [-0.3, -0.25) is 4.79 Å². The Morgan fingerprint density at radius 1 is 1.43 bits per heavy atom. The Balaban J connectivity index is 1.80. The van der Waals surface area contributed by atoms with Crippen LogP contribution in [0.1, 0.15) is 44.6 Å². The maximum Gasteiger partial charge on any atom is 0.230 e. The highest BCUT2D eigenvalue weighted by molar-refractivity contribution is 5.84. The molecule has 0 aliphatic heterocycles. The van der Waals surface area contributed by atoms with Crippen molar-refractivity contribution >= 4 is 5.91 Å². The average Bonchev–Trinajstić information content (AvgIpc) is 3.23. The van der Waals surface area contributed by atoms with Gasteiger partial charge in [0.2, 0.25) is 5.91 Å². The fourth-order valence-corrected chi connectivity index (χ4v) is 3.37. The fraction of sp³-hybridized carbons (Fsp3) is 0.588. The Kier molecular flexibility index (Phi) is 3.74. The Hall–Kier alpha value is -1.42. The Morgan fingerprint density at radius 2 is 2.19 bits per heavy atom. The molecule has 1 aromatic rings. The molecule has 2 aliphatic rings. The van der Waals surface area contributed by atoms with Crippen molar-refractivity contribution in [1.82, 2.24) is 4.90 Å². The summed E-state index contributed by atoms with van der Waals surface area (Å²) in [4.78, 5) is 14.9. The van der Waals surface area contributed by atoms with Crippen molar-refractivity contribution in [1.29, 1.82) is 0 Å². The van der Waals surface area contributed by atoms with Crippen LogP contribution in [-0.4, -0.2) is 22.9 Å². The average molecular weight is 290 g/mol. The van der Waals surface area contributed by atoms with Gasteiger partial charge in [-0.25, -0.2) is 4.39 Å². The van der Waals surface area contributed by atoms with E-state index in [2.05, 4.69) is 0 Å². The normalized spacial score (nSPS) is 28.6. The van der Waals surface area contributed by atoms with Crippen LogP contribution < -0.4 is 5.73 Å². The summed E-state index contributed by atoms with van der Waals surface area (Å²) in [5.41, 5.74) is 6.59. The van der Waals surface area contributed by atoms with E-state index in [-0.39, 0.29) is 17.8 Å². The van der Waals surface area contributed by atoms with Crippen molar-refractivity contribution in [2.24, 2.45) is 11.1 Å². The maximum atomic E-state index is 13.4. The fourth-order valence-electron chi connectivity index (χ4n) is 3.37. The lowest BCUT2D eigenvalue weighted by Crippen LogP contribution is -2.49. The Morgan fingerprint density at radius 3 is 2.76 bits per heavy atom. The number of halogens is 1. The molecular weight excluding hydrogens is 267 g/mol. The Labute approximate surface area is 125 Å². The zero-order valence-corrected chi connectivity index (χ0v) is 12.5. The highest BCUT2D eigenvalue weighted by Crippen LogP contribution is 2.41. The number of hydrogen-bond acceptors (Lipinski definition) is 2. The third kappa shape index (κ3) is 2.82. The molecule has 2 fully saturated rings. The third-order valence-electron chi connectivity index (χ3n) is 5.01. The van der Waals surface area contributed by atoms with Gasteiger partial charge in [0.15, 0.2) is 0 Å². The van der Waals surface area contributed by atoms with Crippen LogP contribution in [-0.2, 0) is 11.3 Å². The van der Waals surface area contributed by atoms with Gasteiger partial charge in [0.25, 0.3) is 0 Å². The highest BCUT2D eigenvalue weighted by atomic mass is 19.1. The first-order chi connectivity index (χ1) is 10.0. The van der Waals surface area contributed by atoms with E-state index in [1.807, 2.05) is 17.9 Å². The van der Waals surface area contributed by atoms with Gasteiger partial charge in [-0.1, -0.05) is 18.6 Å². The predicted octanol–water partition coefficient (Wildman–Crippen LogP) is 2.83. The molecule has 0 spiro atoms. The molecule has 2 unspecified atom stereocenters. The van der Waals surface area contributed by atoms with E-state index in [4.69, 9.17) is 5.73 Å². The first-order valence-electron chi connectivity index (χ1n) is 7.82. The SMILES string of the molecule is CC1(C(=O)N(Cc2cccc(F)c2)C2CC2)CCCC1N. The van der Waals surface area contributed by atoms with E-state index >= 15 is 0 Å². The molecule has 1 amide bonds. The van der Waals surface area contributed by atoms with Gasteiger partial charge in [-0.2, -0.15) is 0 Å². The lowest BCUT2D eigenvalue weighted by Gasteiger charge is -2.35. The van der Waals surface area contributed by atoms with Crippen LogP contribution in [0, 0.1) is 11.2 Å². The predicted molar refractivity (Wildman–Crippen MR) is 79.9 cm³/mol. The number of carbonyl (C=O) groups is 1. The number of amides is 1. The summed E-state index contributed by atoms with van der Waals surface area (Å²) in [5.74, 6) is -0.0984. The smallest absolute Gasteiger partial charge is 0.230 e. The zero-order valence-electron chi connectivity index (χ0n) is 12.5. The standard InChI is InChI=1S/C17H23FN2O/c1-17(9-3-6-15(17)19)16(21)20(14-7-8-14)11-12-4-2-5-13(18)10-12/h2,4-5,10,14-15H,3,6-9,11,19H2,1H3. The van der Waals surface area contributed by atoms with Gasteiger partial charge in [0.05, 0.1) is 5.41 Å². The number of hydrogen-bond donors (Lipinski definition) is 1. The first kappa shape index (κ1) is 14.5. The Bertz CT molecular complexity index is 543. The summed E-state index contributed by atoms with van der Waals surface area (Å²) < 4.78 is 13.4. The van der Waals surface area contributed by atoms with Crippen molar-refractivity contribution in [3.05, 3.63) is 35.6 Å².